The van der Waals surface area contributed by atoms with Gasteiger partial charge < -0.3 is 10.6 Å². The zero-order valence-electron chi connectivity index (χ0n) is 13.7. The molecule has 0 aromatic carbocycles. The number of anilines is 1. The molecule has 2 fully saturated rings. The number of nitrogens with one attached hydrogen (secondary N) is 1. The van der Waals surface area contributed by atoms with Gasteiger partial charge in [0.25, 0.3) is 0 Å². The summed E-state index contributed by atoms with van der Waals surface area (Å²) in [5, 5.41) is 7.38. The van der Waals surface area contributed by atoms with E-state index in [0.29, 0.717) is 17.6 Å². The predicted octanol–water partition coefficient (Wildman–Crippen LogP) is 2.56. The van der Waals surface area contributed by atoms with Gasteiger partial charge in [-0.05, 0) is 37.0 Å². The van der Waals surface area contributed by atoms with E-state index in [9.17, 15) is 4.79 Å². The topological polar surface area (TPSA) is 87.9 Å². The summed E-state index contributed by atoms with van der Waals surface area (Å²) in [6.45, 7) is 1.63. The lowest BCUT2D eigenvalue weighted by Gasteiger charge is -2.20. The van der Waals surface area contributed by atoms with E-state index in [-0.39, 0.29) is 5.92 Å². The minimum atomic E-state index is 0.255. The molecule has 1 saturated heterocycles. The van der Waals surface area contributed by atoms with Crippen LogP contribution in [0.15, 0.2) is 24.5 Å². The van der Waals surface area contributed by atoms with Gasteiger partial charge in [-0.1, -0.05) is 12.8 Å². The highest BCUT2D eigenvalue weighted by atomic mass is 16.2. The number of carbonyl (C=O) groups excluding carboxylic acids is 1. The van der Waals surface area contributed by atoms with Crippen LogP contribution in [0, 0.1) is 5.92 Å². The molecule has 3 N–H and O–H groups in total. The quantitative estimate of drug-likeness (QED) is 0.908. The SMILES string of the molecule is Nc1cc(-c2cn[nH]c2[C@H]2CCN(C(=O)C3CCCC3)C2)ccn1. The summed E-state index contributed by atoms with van der Waals surface area (Å²) in [6.07, 6.45) is 9.05. The van der Waals surface area contributed by atoms with E-state index in [1.807, 2.05) is 23.2 Å². The maximum Gasteiger partial charge on any atom is 0.225 e. The highest BCUT2D eigenvalue weighted by Crippen LogP contribution is 2.35. The molecule has 126 valence electrons. The van der Waals surface area contributed by atoms with Crippen molar-refractivity contribution in [1.82, 2.24) is 20.1 Å². The van der Waals surface area contributed by atoms with Gasteiger partial charge in [0.15, 0.2) is 0 Å². The number of nitrogens with two attached hydrogens (primary N) is 1. The number of aromatic amines is 1. The average molecular weight is 325 g/mol. The monoisotopic (exact) mass is 325 g/mol. The molecule has 24 heavy (non-hydrogen) atoms. The molecule has 0 radical (unpaired) electrons. The second-order valence-electron chi connectivity index (χ2n) is 6.92. The number of nitrogen functional groups attached to an aromatic ring is 1. The Morgan fingerprint density at radius 1 is 1.29 bits per heavy atom. The number of carbonyl (C=O) groups is 1. The number of aromatic nitrogens is 3. The lowest BCUT2D eigenvalue weighted by molar-refractivity contribution is -0.134. The molecule has 0 unspecified atom stereocenters. The van der Waals surface area contributed by atoms with E-state index < -0.39 is 0 Å². The van der Waals surface area contributed by atoms with E-state index in [1.165, 1.54) is 12.8 Å². The largest absolute Gasteiger partial charge is 0.384 e. The summed E-state index contributed by atoms with van der Waals surface area (Å²) in [7, 11) is 0. The number of rotatable bonds is 3. The summed E-state index contributed by atoms with van der Waals surface area (Å²) < 4.78 is 0. The van der Waals surface area contributed by atoms with Gasteiger partial charge in [-0.25, -0.2) is 4.98 Å². The van der Waals surface area contributed by atoms with Crippen molar-refractivity contribution in [3.63, 3.8) is 0 Å². The van der Waals surface area contributed by atoms with Crippen molar-refractivity contribution in [2.75, 3.05) is 18.8 Å². The second kappa shape index (κ2) is 6.26. The maximum absolute atomic E-state index is 12.6. The van der Waals surface area contributed by atoms with Gasteiger partial charge in [0, 0.05) is 42.4 Å². The molecule has 0 spiro atoms. The first-order valence-corrected chi connectivity index (χ1v) is 8.76. The fraction of sp³-hybridized carbons (Fsp3) is 0.500. The number of hydrogen-bond acceptors (Lipinski definition) is 4. The molecule has 1 amide bonds. The molecule has 0 bridgehead atoms. The van der Waals surface area contributed by atoms with Crippen LogP contribution in [0.3, 0.4) is 0 Å². The van der Waals surface area contributed by atoms with Gasteiger partial charge in [-0.2, -0.15) is 5.10 Å². The number of nitrogens with zero attached hydrogens (tertiary/aromatic N) is 3. The maximum atomic E-state index is 12.6. The number of amides is 1. The van der Waals surface area contributed by atoms with Crippen LogP contribution in [0.25, 0.3) is 11.1 Å². The van der Waals surface area contributed by atoms with Gasteiger partial charge in [0.2, 0.25) is 5.91 Å². The van der Waals surface area contributed by atoms with Crippen LogP contribution in [0.5, 0.6) is 0 Å². The molecule has 1 aliphatic carbocycles. The number of pyridine rings is 1. The normalized spacial score (nSPS) is 21.5. The Morgan fingerprint density at radius 3 is 2.92 bits per heavy atom. The van der Waals surface area contributed by atoms with Crippen molar-refractivity contribution in [1.29, 1.82) is 0 Å². The second-order valence-corrected chi connectivity index (χ2v) is 6.92. The molecule has 2 aliphatic rings. The third kappa shape index (κ3) is 2.77. The molecule has 1 saturated carbocycles. The third-order valence-electron chi connectivity index (χ3n) is 5.37. The first-order chi connectivity index (χ1) is 11.7. The molecule has 2 aromatic rings. The smallest absolute Gasteiger partial charge is 0.225 e. The molecular formula is C18H23N5O. The minimum absolute atomic E-state index is 0.255. The molecule has 2 aromatic heterocycles. The van der Waals surface area contributed by atoms with Gasteiger partial charge in [-0.3, -0.25) is 9.89 Å². The molecule has 4 rings (SSSR count). The standard InChI is InChI=1S/C18H23N5O/c19-16-9-13(5-7-20-16)15-10-21-22-17(15)14-6-8-23(11-14)18(24)12-3-1-2-4-12/h5,7,9-10,12,14H,1-4,6,8,11H2,(H2,19,20)(H,21,22)/t14-/m0/s1. The van der Waals surface area contributed by atoms with Crippen LogP contribution < -0.4 is 5.73 Å². The summed E-state index contributed by atoms with van der Waals surface area (Å²) >= 11 is 0. The molecule has 6 nitrogen and oxygen atoms in total. The minimum Gasteiger partial charge on any atom is -0.384 e. The first kappa shape index (κ1) is 15.2. The van der Waals surface area contributed by atoms with Crippen LogP contribution in [-0.2, 0) is 4.79 Å². The van der Waals surface area contributed by atoms with Crippen LogP contribution in [0.1, 0.15) is 43.7 Å². The Balaban J connectivity index is 1.52. The zero-order chi connectivity index (χ0) is 16.5. The van der Waals surface area contributed by atoms with Gasteiger partial charge in [0.1, 0.15) is 5.82 Å². The summed E-state index contributed by atoms with van der Waals surface area (Å²) in [5.41, 5.74) is 8.98. The van der Waals surface area contributed by atoms with Crippen molar-refractivity contribution in [2.24, 2.45) is 5.92 Å². The van der Waals surface area contributed by atoms with Crippen molar-refractivity contribution in [2.45, 2.75) is 38.0 Å². The van der Waals surface area contributed by atoms with E-state index in [1.54, 1.807) is 6.20 Å². The Morgan fingerprint density at radius 2 is 2.12 bits per heavy atom. The van der Waals surface area contributed by atoms with Gasteiger partial charge >= 0.3 is 0 Å². The highest BCUT2D eigenvalue weighted by molar-refractivity contribution is 5.79. The van der Waals surface area contributed by atoms with Crippen molar-refractivity contribution < 1.29 is 4.79 Å². The Bertz CT molecular complexity index is 735. The van der Waals surface area contributed by atoms with Crippen molar-refractivity contribution >= 4 is 11.7 Å². The fourth-order valence-electron chi connectivity index (χ4n) is 4.08. The molecular weight excluding hydrogens is 302 g/mol. The van der Waals surface area contributed by atoms with E-state index in [2.05, 4.69) is 15.2 Å². The lowest BCUT2D eigenvalue weighted by Crippen LogP contribution is -2.33. The van der Waals surface area contributed by atoms with Gasteiger partial charge in [-0.15, -0.1) is 0 Å². The zero-order valence-corrected chi connectivity index (χ0v) is 13.7. The molecule has 1 atom stereocenters. The fourth-order valence-corrected chi connectivity index (χ4v) is 4.08. The van der Waals surface area contributed by atoms with Gasteiger partial charge in [0.05, 0.1) is 6.20 Å². The van der Waals surface area contributed by atoms with E-state index in [0.717, 1.165) is 49.2 Å². The third-order valence-corrected chi connectivity index (χ3v) is 5.37. The van der Waals surface area contributed by atoms with Crippen molar-refractivity contribution in [3.05, 3.63) is 30.2 Å². The van der Waals surface area contributed by atoms with Crippen LogP contribution >= 0.6 is 0 Å². The molecule has 3 heterocycles. The van der Waals surface area contributed by atoms with E-state index in [4.69, 9.17) is 5.73 Å². The number of likely N-dealkylation sites (tertiary alicyclic amines) is 1. The summed E-state index contributed by atoms with van der Waals surface area (Å²) in [4.78, 5) is 18.7. The summed E-state index contributed by atoms with van der Waals surface area (Å²) in [5.74, 6) is 1.42. The lowest BCUT2D eigenvalue weighted by atomic mass is 9.97. The highest BCUT2D eigenvalue weighted by Gasteiger charge is 2.34. The number of hydrogen-bond donors (Lipinski definition) is 2. The van der Waals surface area contributed by atoms with E-state index >= 15 is 0 Å². The molecule has 1 aliphatic heterocycles. The average Bonchev–Trinajstić information content (AvgIpc) is 3.33. The number of H-pyrrole nitrogens is 1. The van der Waals surface area contributed by atoms with Crippen LogP contribution in [0.2, 0.25) is 0 Å². The first-order valence-electron chi connectivity index (χ1n) is 8.76. The van der Waals surface area contributed by atoms with Crippen LogP contribution in [-0.4, -0.2) is 39.1 Å². The van der Waals surface area contributed by atoms with Crippen LogP contribution in [0.4, 0.5) is 5.82 Å². The molecule has 6 heteroatoms. The Hall–Kier alpha value is -2.37. The van der Waals surface area contributed by atoms with Crippen molar-refractivity contribution in [3.8, 4) is 11.1 Å². The Kier molecular flexibility index (Phi) is 3.96. The Labute approximate surface area is 141 Å². The predicted molar refractivity (Wildman–Crippen MR) is 92.1 cm³/mol. The summed E-state index contributed by atoms with van der Waals surface area (Å²) in [6, 6.07) is 3.81.